The average molecular weight is 203 g/mol. The maximum atomic E-state index is 5.72. The molecular formula is C12H17N3. The van der Waals surface area contributed by atoms with Gasteiger partial charge >= 0.3 is 0 Å². The summed E-state index contributed by atoms with van der Waals surface area (Å²) in [5.41, 5.74) is 7.46. The molecular weight excluding hydrogens is 186 g/mol. The molecule has 0 aliphatic rings. The molecule has 0 saturated heterocycles. The van der Waals surface area contributed by atoms with Crippen LogP contribution in [0.2, 0.25) is 0 Å². The van der Waals surface area contributed by atoms with E-state index in [4.69, 9.17) is 5.73 Å². The Labute approximate surface area is 89.9 Å². The Kier molecular flexibility index (Phi) is 2.39. The molecule has 1 heterocycles. The van der Waals surface area contributed by atoms with Gasteiger partial charge in [-0.3, -0.25) is 4.68 Å². The van der Waals surface area contributed by atoms with Gasteiger partial charge in [-0.2, -0.15) is 5.10 Å². The van der Waals surface area contributed by atoms with Crippen molar-refractivity contribution in [2.24, 2.45) is 5.92 Å². The lowest BCUT2D eigenvalue weighted by molar-refractivity contribution is 0.377. The Balaban J connectivity index is 2.47. The van der Waals surface area contributed by atoms with Crippen LogP contribution in [-0.4, -0.2) is 9.78 Å². The second kappa shape index (κ2) is 3.57. The fourth-order valence-electron chi connectivity index (χ4n) is 1.57. The van der Waals surface area contributed by atoms with E-state index in [0.29, 0.717) is 12.0 Å². The number of rotatable bonds is 2. The number of nitrogens with two attached hydrogens (primary N) is 1. The van der Waals surface area contributed by atoms with Crippen LogP contribution in [0.5, 0.6) is 0 Å². The molecule has 1 unspecified atom stereocenters. The molecule has 80 valence electrons. The largest absolute Gasteiger partial charge is 0.399 e. The van der Waals surface area contributed by atoms with Gasteiger partial charge in [0.05, 0.1) is 11.6 Å². The molecule has 3 nitrogen and oxygen atoms in total. The highest BCUT2D eigenvalue weighted by molar-refractivity contribution is 5.81. The Bertz CT molecular complexity index is 471. The molecule has 3 heteroatoms. The number of nitrogen functional groups attached to an aromatic ring is 1. The standard InChI is InChI=1S/C12H17N3/c1-8(2)9(3)15-7-10-4-5-11(13)6-12(10)14-15/h4-9H,13H2,1-3H3. The summed E-state index contributed by atoms with van der Waals surface area (Å²) in [5, 5.41) is 5.68. The first kappa shape index (κ1) is 10.0. The molecule has 0 aliphatic heterocycles. The van der Waals surface area contributed by atoms with Crippen molar-refractivity contribution in [3.05, 3.63) is 24.4 Å². The van der Waals surface area contributed by atoms with E-state index in [1.807, 2.05) is 22.9 Å². The summed E-state index contributed by atoms with van der Waals surface area (Å²) in [6.07, 6.45) is 2.08. The van der Waals surface area contributed by atoms with Crippen molar-refractivity contribution in [1.82, 2.24) is 9.78 Å². The lowest BCUT2D eigenvalue weighted by Gasteiger charge is -2.15. The lowest BCUT2D eigenvalue weighted by Crippen LogP contribution is -2.11. The van der Waals surface area contributed by atoms with Crippen LogP contribution in [0.25, 0.3) is 10.9 Å². The van der Waals surface area contributed by atoms with Gasteiger partial charge in [-0.15, -0.1) is 0 Å². The van der Waals surface area contributed by atoms with E-state index in [2.05, 4.69) is 32.1 Å². The molecule has 2 N–H and O–H groups in total. The van der Waals surface area contributed by atoms with E-state index in [1.165, 1.54) is 0 Å². The second-order valence-electron chi connectivity index (χ2n) is 4.41. The van der Waals surface area contributed by atoms with E-state index in [1.54, 1.807) is 0 Å². The molecule has 1 aromatic heterocycles. The SMILES string of the molecule is CC(C)C(C)n1cc2ccc(N)cc2n1. The highest BCUT2D eigenvalue weighted by Crippen LogP contribution is 2.21. The van der Waals surface area contributed by atoms with Crippen molar-refractivity contribution >= 4 is 16.6 Å². The molecule has 1 aromatic carbocycles. The molecule has 0 spiro atoms. The van der Waals surface area contributed by atoms with E-state index in [9.17, 15) is 0 Å². The minimum atomic E-state index is 0.415. The van der Waals surface area contributed by atoms with Gasteiger partial charge in [-0.1, -0.05) is 13.8 Å². The number of fused-ring (bicyclic) bond motifs is 1. The zero-order valence-electron chi connectivity index (χ0n) is 9.44. The van der Waals surface area contributed by atoms with E-state index >= 15 is 0 Å². The highest BCUT2D eigenvalue weighted by atomic mass is 15.3. The smallest absolute Gasteiger partial charge is 0.0943 e. The first-order valence-electron chi connectivity index (χ1n) is 5.32. The molecule has 2 aromatic rings. The zero-order valence-corrected chi connectivity index (χ0v) is 9.44. The van der Waals surface area contributed by atoms with Crippen LogP contribution in [0, 0.1) is 5.92 Å². The molecule has 0 radical (unpaired) electrons. The fourth-order valence-corrected chi connectivity index (χ4v) is 1.57. The quantitative estimate of drug-likeness (QED) is 0.763. The molecule has 1 atom stereocenters. The third-order valence-electron chi connectivity index (χ3n) is 2.93. The van der Waals surface area contributed by atoms with Crippen LogP contribution in [0.1, 0.15) is 26.8 Å². The van der Waals surface area contributed by atoms with Crippen LogP contribution >= 0.6 is 0 Å². The Morgan fingerprint density at radius 1 is 1.27 bits per heavy atom. The number of nitrogens with zero attached hydrogens (tertiary/aromatic N) is 2. The number of aromatic nitrogens is 2. The van der Waals surface area contributed by atoms with Gasteiger partial charge in [0, 0.05) is 17.3 Å². The summed E-state index contributed by atoms with van der Waals surface area (Å²) < 4.78 is 2.02. The van der Waals surface area contributed by atoms with Crippen molar-refractivity contribution in [2.45, 2.75) is 26.8 Å². The molecule has 15 heavy (non-hydrogen) atoms. The monoisotopic (exact) mass is 203 g/mol. The molecule has 0 bridgehead atoms. The van der Waals surface area contributed by atoms with Gasteiger partial charge in [-0.25, -0.2) is 0 Å². The van der Waals surface area contributed by atoms with E-state index < -0.39 is 0 Å². The zero-order chi connectivity index (χ0) is 11.0. The third-order valence-corrected chi connectivity index (χ3v) is 2.93. The summed E-state index contributed by atoms with van der Waals surface area (Å²) >= 11 is 0. The average Bonchev–Trinajstić information content (AvgIpc) is 2.58. The van der Waals surface area contributed by atoms with Crippen LogP contribution in [-0.2, 0) is 0 Å². The summed E-state index contributed by atoms with van der Waals surface area (Å²) in [7, 11) is 0. The normalized spacial score (nSPS) is 13.6. The summed E-state index contributed by atoms with van der Waals surface area (Å²) in [5.74, 6) is 0.580. The topological polar surface area (TPSA) is 43.8 Å². The summed E-state index contributed by atoms with van der Waals surface area (Å²) in [6, 6.07) is 6.26. The first-order chi connectivity index (χ1) is 7.08. The molecule has 0 saturated carbocycles. The summed E-state index contributed by atoms with van der Waals surface area (Å²) in [4.78, 5) is 0. The Morgan fingerprint density at radius 2 is 2.00 bits per heavy atom. The van der Waals surface area contributed by atoms with Crippen molar-refractivity contribution in [3.63, 3.8) is 0 Å². The van der Waals surface area contributed by atoms with Crippen molar-refractivity contribution in [3.8, 4) is 0 Å². The van der Waals surface area contributed by atoms with Gasteiger partial charge in [0.1, 0.15) is 0 Å². The van der Waals surface area contributed by atoms with Crippen molar-refractivity contribution < 1.29 is 0 Å². The highest BCUT2D eigenvalue weighted by Gasteiger charge is 2.11. The fraction of sp³-hybridized carbons (Fsp3) is 0.417. The maximum absolute atomic E-state index is 5.72. The number of hydrogen-bond donors (Lipinski definition) is 1. The molecule has 2 rings (SSSR count). The molecule has 0 aliphatic carbocycles. The minimum Gasteiger partial charge on any atom is -0.399 e. The Hall–Kier alpha value is -1.51. The lowest BCUT2D eigenvalue weighted by atomic mass is 10.1. The van der Waals surface area contributed by atoms with Gasteiger partial charge in [0.25, 0.3) is 0 Å². The second-order valence-corrected chi connectivity index (χ2v) is 4.41. The number of hydrogen-bond acceptors (Lipinski definition) is 2. The van der Waals surface area contributed by atoms with Crippen LogP contribution in [0.4, 0.5) is 5.69 Å². The predicted molar refractivity (Wildman–Crippen MR) is 63.7 cm³/mol. The van der Waals surface area contributed by atoms with Crippen LogP contribution < -0.4 is 5.73 Å². The minimum absolute atomic E-state index is 0.415. The maximum Gasteiger partial charge on any atom is 0.0943 e. The predicted octanol–water partition coefficient (Wildman–Crippen LogP) is 2.84. The third kappa shape index (κ3) is 1.82. The van der Waals surface area contributed by atoms with Crippen molar-refractivity contribution in [2.75, 3.05) is 5.73 Å². The van der Waals surface area contributed by atoms with Crippen LogP contribution in [0.3, 0.4) is 0 Å². The van der Waals surface area contributed by atoms with Gasteiger partial charge < -0.3 is 5.73 Å². The summed E-state index contributed by atoms with van der Waals surface area (Å²) in [6.45, 7) is 6.58. The van der Waals surface area contributed by atoms with Gasteiger partial charge in [-0.05, 0) is 31.0 Å². The first-order valence-corrected chi connectivity index (χ1v) is 5.32. The van der Waals surface area contributed by atoms with Crippen molar-refractivity contribution in [1.29, 1.82) is 0 Å². The van der Waals surface area contributed by atoms with E-state index in [0.717, 1.165) is 16.6 Å². The van der Waals surface area contributed by atoms with Gasteiger partial charge in [0.15, 0.2) is 0 Å². The molecule has 0 fully saturated rings. The van der Waals surface area contributed by atoms with E-state index in [-0.39, 0.29) is 0 Å². The number of anilines is 1. The van der Waals surface area contributed by atoms with Crippen LogP contribution in [0.15, 0.2) is 24.4 Å². The molecule has 0 amide bonds. The number of benzene rings is 1. The Morgan fingerprint density at radius 3 is 2.67 bits per heavy atom. The van der Waals surface area contributed by atoms with Gasteiger partial charge in [0.2, 0.25) is 0 Å².